The van der Waals surface area contributed by atoms with Crippen LogP contribution in [-0.2, 0) is 24.1 Å². The molecule has 1 atom stereocenters. The van der Waals surface area contributed by atoms with Crippen LogP contribution < -0.4 is 0 Å². The van der Waals surface area contributed by atoms with Gasteiger partial charge in [-0.05, 0) is 43.4 Å². The van der Waals surface area contributed by atoms with Crippen LogP contribution in [0.15, 0.2) is 0 Å². The van der Waals surface area contributed by atoms with Gasteiger partial charge in [-0.3, -0.25) is 4.79 Å². The van der Waals surface area contributed by atoms with Gasteiger partial charge >= 0.3 is 0 Å². The van der Waals surface area contributed by atoms with Crippen molar-refractivity contribution >= 4 is 15.7 Å². The van der Waals surface area contributed by atoms with E-state index in [9.17, 15) is 13.2 Å². The largest absolute Gasteiger partial charge is 0.381 e. The molecule has 1 spiro atoms. The van der Waals surface area contributed by atoms with E-state index < -0.39 is 9.84 Å². The summed E-state index contributed by atoms with van der Waals surface area (Å²) in [5.41, 5.74) is 0.184. The van der Waals surface area contributed by atoms with Crippen molar-refractivity contribution in [3.8, 4) is 0 Å². The summed E-state index contributed by atoms with van der Waals surface area (Å²) >= 11 is 0. The Morgan fingerprint density at radius 3 is 2.54 bits per heavy atom. The lowest BCUT2D eigenvalue weighted by atomic mass is 9.66. The Labute approximate surface area is 144 Å². The minimum atomic E-state index is -3.26. The normalized spacial score (nSPS) is 27.4. The Bertz CT molecular complexity index is 549. The van der Waals surface area contributed by atoms with Crippen molar-refractivity contribution in [1.82, 2.24) is 4.90 Å². The molecule has 6 nitrogen and oxygen atoms in total. The number of sulfone groups is 1. The molecule has 138 valence electrons. The minimum Gasteiger partial charge on any atom is -0.381 e. The van der Waals surface area contributed by atoms with E-state index in [1.807, 2.05) is 0 Å². The fourth-order valence-corrected chi connectivity index (χ4v) is 4.57. The van der Waals surface area contributed by atoms with E-state index in [0.717, 1.165) is 57.9 Å². The average molecular weight is 359 g/mol. The van der Waals surface area contributed by atoms with E-state index in [-0.39, 0.29) is 17.1 Å². The molecule has 0 unspecified atom stereocenters. The van der Waals surface area contributed by atoms with Gasteiger partial charge in [0.2, 0.25) is 5.91 Å². The molecule has 2 saturated heterocycles. The van der Waals surface area contributed by atoms with E-state index >= 15 is 0 Å². The second kappa shape index (κ2) is 7.30. The Kier molecular flexibility index (Phi) is 5.52. The molecule has 2 heterocycles. The van der Waals surface area contributed by atoms with Crippen molar-refractivity contribution in [2.75, 3.05) is 51.5 Å². The summed E-state index contributed by atoms with van der Waals surface area (Å²) in [7, 11) is -3.26. The van der Waals surface area contributed by atoms with Crippen LogP contribution in [0, 0.1) is 17.3 Å². The van der Waals surface area contributed by atoms with Crippen LogP contribution in [0.1, 0.15) is 32.1 Å². The molecular weight excluding hydrogens is 330 g/mol. The number of rotatable bonds is 6. The number of hydrogen-bond acceptors (Lipinski definition) is 5. The van der Waals surface area contributed by atoms with Crippen LogP contribution >= 0.6 is 0 Å². The van der Waals surface area contributed by atoms with Gasteiger partial charge in [0.25, 0.3) is 0 Å². The summed E-state index contributed by atoms with van der Waals surface area (Å²) in [5, 5.41) is 0. The number of amides is 1. The van der Waals surface area contributed by atoms with Crippen molar-refractivity contribution in [3.05, 3.63) is 0 Å². The first-order chi connectivity index (χ1) is 11.4. The number of hydrogen-bond donors (Lipinski definition) is 0. The van der Waals surface area contributed by atoms with Crippen LogP contribution in [0.2, 0.25) is 0 Å². The van der Waals surface area contributed by atoms with Gasteiger partial charge in [0.1, 0.15) is 5.75 Å². The Balaban J connectivity index is 1.53. The standard InChI is InChI=1S/C17H29NO5S/c1-24(20,21)13-16(19)18-7-4-17(5-8-18)6-9-22-11-15(17)12-23-10-14-2-3-14/h14-15H,2-13H2,1H3/t15-/m1/s1. The highest BCUT2D eigenvalue weighted by molar-refractivity contribution is 7.91. The predicted octanol–water partition coefficient (Wildman–Crippen LogP) is 1.10. The molecule has 0 aromatic heterocycles. The van der Waals surface area contributed by atoms with E-state index in [1.165, 1.54) is 12.8 Å². The van der Waals surface area contributed by atoms with Crippen molar-refractivity contribution < 1.29 is 22.7 Å². The van der Waals surface area contributed by atoms with E-state index in [1.54, 1.807) is 4.90 Å². The third-order valence-electron chi connectivity index (χ3n) is 5.80. The Morgan fingerprint density at radius 1 is 1.21 bits per heavy atom. The number of likely N-dealkylation sites (tertiary alicyclic amines) is 1. The quantitative estimate of drug-likeness (QED) is 0.710. The highest BCUT2D eigenvalue weighted by Gasteiger charge is 2.44. The van der Waals surface area contributed by atoms with Crippen molar-refractivity contribution in [1.29, 1.82) is 0 Å². The molecule has 1 amide bonds. The third kappa shape index (κ3) is 4.70. The van der Waals surface area contributed by atoms with Crippen molar-refractivity contribution in [2.45, 2.75) is 32.1 Å². The molecule has 1 saturated carbocycles. The van der Waals surface area contributed by atoms with Gasteiger partial charge < -0.3 is 14.4 Å². The maximum atomic E-state index is 12.1. The molecule has 1 aliphatic carbocycles. The first kappa shape index (κ1) is 18.1. The average Bonchev–Trinajstić information content (AvgIpc) is 3.32. The number of carbonyl (C=O) groups excluding carboxylic acids is 1. The first-order valence-corrected chi connectivity index (χ1v) is 11.0. The van der Waals surface area contributed by atoms with Crippen LogP contribution in [0.5, 0.6) is 0 Å². The summed E-state index contributed by atoms with van der Waals surface area (Å²) in [6, 6.07) is 0. The lowest BCUT2D eigenvalue weighted by Crippen LogP contribution is -2.51. The van der Waals surface area contributed by atoms with Crippen LogP contribution in [0.4, 0.5) is 0 Å². The molecule has 3 rings (SSSR count). The molecule has 3 fully saturated rings. The van der Waals surface area contributed by atoms with Gasteiger partial charge in [-0.1, -0.05) is 0 Å². The molecular formula is C17H29NO5S. The lowest BCUT2D eigenvalue weighted by molar-refractivity contribution is -0.136. The minimum absolute atomic E-state index is 0.184. The number of piperidine rings is 1. The highest BCUT2D eigenvalue weighted by Crippen LogP contribution is 2.45. The van der Waals surface area contributed by atoms with E-state index in [2.05, 4.69) is 0 Å². The van der Waals surface area contributed by atoms with Crippen molar-refractivity contribution in [3.63, 3.8) is 0 Å². The maximum Gasteiger partial charge on any atom is 0.237 e. The maximum absolute atomic E-state index is 12.1. The van der Waals surface area contributed by atoms with Crippen LogP contribution in [0.3, 0.4) is 0 Å². The number of carbonyl (C=O) groups is 1. The zero-order valence-corrected chi connectivity index (χ0v) is 15.4. The molecule has 24 heavy (non-hydrogen) atoms. The van der Waals surface area contributed by atoms with Crippen molar-refractivity contribution in [2.24, 2.45) is 17.3 Å². The molecule has 0 radical (unpaired) electrons. The van der Waals surface area contributed by atoms with E-state index in [4.69, 9.17) is 9.47 Å². The smallest absolute Gasteiger partial charge is 0.237 e. The third-order valence-corrected chi connectivity index (χ3v) is 6.57. The summed E-state index contributed by atoms with van der Waals surface area (Å²) < 4.78 is 34.3. The van der Waals surface area contributed by atoms with Gasteiger partial charge in [-0.15, -0.1) is 0 Å². The Morgan fingerprint density at radius 2 is 1.92 bits per heavy atom. The Hall–Kier alpha value is -0.660. The molecule has 0 aromatic carbocycles. The molecule has 0 bridgehead atoms. The zero-order valence-electron chi connectivity index (χ0n) is 14.5. The monoisotopic (exact) mass is 359 g/mol. The first-order valence-electron chi connectivity index (χ1n) is 8.99. The second-order valence-electron chi connectivity index (χ2n) is 7.82. The number of nitrogens with zero attached hydrogens (tertiary/aromatic N) is 1. The van der Waals surface area contributed by atoms with Gasteiger partial charge in [-0.2, -0.15) is 0 Å². The molecule has 3 aliphatic rings. The van der Waals surface area contributed by atoms with Gasteiger partial charge in [0, 0.05) is 38.5 Å². The fourth-order valence-electron chi connectivity index (χ4n) is 3.94. The SMILES string of the molecule is CS(=O)(=O)CC(=O)N1CCC2(CCOC[C@@H]2COCC2CC2)CC1. The van der Waals surface area contributed by atoms with Gasteiger partial charge in [0.15, 0.2) is 9.84 Å². The molecule has 7 heteroatoms. The topological polar surface area (TPSA) is 72.9 Å². The lowest BCUT2D eigenvalue weighted by Gasteiger charge is -2.49. The van der Waals surface area contributed by atoms with Gasteiger partial charge in [-0.25, -0.2) is 8.42 Å². The summed E-state index contributed by atoms with van der Waals surface area (Å²) in [5.74, 6) is 0.510. The zero-order chi connectivity index (χ0) is 17.2. The predicted molar refractivity (Wildman–Crippen MR) is 90.4 cm³/mol. The van der Waals surface area contributed by atoms with Crippen LogP contribution in [0.25, 0.3) is 0 Å². The number of ether oxygens (including phenoxy) is 2. The summed E-state index contributed by atoms with van der Waals surface area (Å²) in [6.45, 7) is 4.42. The fraction of sp³-hybridized carbons (Fsp3) is 0.941. The summed E-state index contributed by atoms with van der Waals surface area (Å²) in [4.78, 5) is 13.8. The van der Waals surface area contributed by atoms with E-state index in [0.29, 0.717) is 19.0 Å². The molecule has 2 aliphatic heterocycles. The highest BCUT2D eigenvalue weighted by atomic mass is 32.2. The summed E-state index contributed by atoms with van der Waals surface area (Å²) in [6.07, 6.45) is 6.56. The molecule has 0 aromatic rings. The molecule has 0 N–H and O–H groups in total. The second-order valence-corrected chi connectivity index (χ2v) is 9.96. The van der Waals surface area contributed by atoms with Gasteiger partial charge in [0.05, 0.1) is 13.2 Å². The van der Waals surface area contributed by atoms with Crippen LogP contribution in [-0.4, -0.2) is 70.8 Å².